The number of unbranched alkanes of at least 4 members (excludes halogenated alkanes) is 3. The second-order valence-corrected chi connectivity index (χ2v) is 11.8. The van der Waals surface area contributed by atoms with Crippen molar-refractivity contribution in [2.45, 2.75) is 91.3 Å². The summed E-state index contributed by atoms with van der Waals surface area (Å²) in [6.45, 7) is 14.7. The number of ether oxygens (including phenoxy) is 1. The summed E-state index contributed by atoms with van der Waals surface area (Å²) in [7, 11) is 0. The van der Waals surface area contributed by atoms with Gasteiger partial charge in [0.15, 0.2) is 0 Å². The molecule has 0 bridgehead atoms. The van der Waals surface area contributed by atoms with Gasteiger partial charge in [0.25, 0.3) is 0 Å². The maximum absolute atomic E-state index is 11.3. The van der Waals surface area contributed by atoms with E-state index in [4.69, 9.17) is 4.74 Å². The first-order chi connectivity index (χ1) is 15.2. The molecule has 32 heavy (non-hydrogen) atoms. The average Bonchev–Trinajstić information content (AvgIpc) is 3.23. The van der Waals surface area contributed by atoms with Crippen LogP contribution in [-0.4, -0.2) is 41.3 Å². The number of aliphatic hydroxyl groups excluding tert-OH is 1. The lowest BCUT2D eigenvalue weighted by molar-refractivity contribution is -0.177. The van der Waals surface area contributed by atoms with Crippen LogP contribution in [0.2, 0.25) is 0 Å². The van der Waals surface area contributed by atoms with Crippen molar-refractivity contribution in [2.24, 2.45) is 23.2 Å². The van der Waals surface area contributed by atoms with Crippen molar-refractivity contribution < 1.29 is 9.84 Å². The smallest absolute Gasteiger partial charge is 0.0988 e. The van der Waals surface area contributed by atoms with E-state index in [0.717, 1.165) is 38.9 Å². The fourth-order valence-electron chi connectivity index (χ4n) is 6.56. The van der Waals surface area contributed by atoms with Gasteiger partial charge >= 0.3 is 0 Å². The molecule has 0 amide bonds. The highest BCUT2D eigenvalue weighted by atomic mass is 16.5. The summed E-state index contributed by atoms with van der Waals surface area (Å²) in [5.74, 6) is 1.55. The van der Waals surface area contributed by atoms with Gasteiger partial charge in [0.05, 0.1) is 17.5 Å². The predicted molar refractivity (Wildman–Crippen MR) is 134 cm³/mol. The normalized spacial score (nSPS) is 32.1. The third-order valence-electron chi connectivity index (χ3n) is 8.57. The molecule has 4 rings (SSSR count). The third kappa shape index (κ3) is 4.94. The molecule has 2 aliphatic carbocycles. The Bertz CT molecular complexity index is 792. The molecule has 0 aromatic carbocycles. The molecule has 0 radical (unpaired) electrons. The number of hydrogen-bond acceptors (Lipinski definition) is 3. The molecule has 0 spiro atoms. The minimum absolute atomic E-state index is 0.0195. The largest absolute Gasteiger partial charge is 0.512 e. The monoisotopic (exact) mass is 439 g/mol. The third-order valence-corrected chi connectivity index (χ3v) is 8.57. The van der Waals surface area contributed by atoms with E-state index < -0.39 is 0 Å². The van der Waals surface area contributed by atoms with Crippen LogP contribution in [0.25, 0.3) is 0 Å². The van der Waals surface area contributed by atoms with Crippen LogP contribution < -0.4 is 0 Å². The molecule has 2 heterocycles. The minimum Gasteiger partial charge on any atom is -0.512 e. The molecule has 0 aromatic heterocycles. The molecule has 3 heteroatoms. The SMILES string of the molecule is CCCCCCC(C)(C)C1=CC2OC(C)(C)[C@H]3CC=C(CN4CC=CC4)CC3[C@@H]2C(O)=C1. The van der Waals surface area contributed by atoms with E-state index in [1.165, 1.54) is 31.3 Å². The van der Waals surface area contributed by atoms with Gasteiger partial charge < -0.3 is 9.84 Å². The second-order valence-electron chi connectivity index (χ2n) is 11.8. The van der Waals surface area contributed by atoms with Gasteiger partial charge in [-0.3, -0.25) is 4.90 Å². The summed E-state index contributed by atoms with van der Waals surface area (Å²) in [6.07, 6.45) is 19.9. The summed E-state index contributed by atoms with van der Waals surface area (Å²) in [4.78, 5) is 2.50. The van der Waals surface area contributed by atoms with Crippen LogP contribution >= 0.6 is 0 Å². The molecule has 0 aromatic rings. The molecule has 4 atom stereocenters. The number of hydrogen-bond donors (Lipinski definition) is 1. The number of fused-ring (bicyclic) bond motifs is 3. The van der Waals surface area contributed by atoms with Crippen molar-refractivity contribution >= 4 is 0 Å². The first-order valence-electron chi connectivity index (χ1n) is 13.1. The number of rotatable bonds is 8. The topological polar surface area (TPSA) is 32.7 Å². The molecule has 2 unspecified atom stereocenters. The molecule has 178 valence electrons. The number of aliphatic hydroxyl groups is 1. The van der Waals surface area contributed by atoms with Crippen molar-refractivity contribution in [1.82, 2.24) is 4.90 Å². The fraction of sp³-hybridized carbons (Fsp3) is 0.724. The quantitative estimate of drug-likeness (QED) is 0.327. The zero-order valence-electron chi connectivity index (χ0n) is 21.1. The van der Waals surface area contributed by atoms with Crippen molar-refractivity contribution in [3.8, 4) is 0 Å². The zero-order valence-corrected chi connectivity index (χ0v) is 21.1. The Morgan fingerprint density at radius 2 is 1.91 bits per heavy atom. The lowest BCUT2D eigenvalue weighted by Crippen LogP contribution is -2.55. The fourth-order valence-corrected chi connectivity index (χ4v) is 6.56. The van der Waals surface area contributed by atoms with Crippen LogP contribution in [0.5, 0.6) is 0 Å². The van der Waals surface area contributed by atoms with Gasteiger partial charge in [0.1, 0.15) is 0 Å². The lowest BCUT2D eigenvalue weighted by atomic mass is 9.61. The van der Waals surface area contributed by atoms with E-state index in [1.54, 1.807) is 5.57 Å². The summed E-state index contributed by atoms with van der Waals surface area (Å²) in [5, 5.41) is 11.3. The molecule has 2 aliphatic heterocycles. The van der Waals surface area contributed by atoms with Crippen LogP contribution in [0.4, 0.5) is 0 Å². The zero-order chi connectivity index (χ0) is 22.9. The van der Waals surface area contributed by atoms with Gasteiger partial charge in [-0.25, -0.2) is 0 Å². The molecular weight excluding hydrogens is 394 g/mol. The average molecular weight is 440 g/mol. The van der Waals surface area contributed by atoms with E-state index in [0.29, 0.717) is 17.6 Å². The molecule has 0 saturated carbocycles. The van der Waals surface area contributed by atoms with Gasteiger partial charge in [-0.1, -0.05) is 76.3 Å². The van der Waals surface area contributed by atoms with Crippen molar-refractivity contribution in [1.29, 1.82) is 0 Å². The summed E-state index contributed by atoms with van der Waals surface area (Å²) in [5.41, 5.74) is 2.70. The van der Waals surface area contributed by atoms with E-state index in [9.17, 15) is 5.11 Å². The maximum Gasteiger partial charge on any atom is 0.0988 e. The van der Waals surface area contributed by atoms with Gasteiger partial charge in [0.2, 0.25) is 0 Å². The maximum atomic E-state index is 11.3. The highest BCUT2D eigenvalue weighted by Crippen LogP contribution is 2.53. The Morgan fingerprint density at radius 3 is 2.62 bits per heavy atom. The van der Waals surface area contributed by atoms with E-state index in [1.807, 2.05) is 0 Å². The van der Waals surface area contributed by atoms with Gasteiger partial charge in [-0.05, 0) is 62.0 Å². The Hall–Kier alpha value is -1.32. The molecule has 1 saturated heterocycles. The van der Waals surface area contributed by atoms with E-state index in [2.05, 4.69) is 69.9 Å². The Morgan fingerprint density at radius 1 is 1.16 bits per heavy atom. The summed E-state index contributed by atoms with van der Waals surface area (Å²) in [6, 6.07) is 0. The number of allylic oxidation sites excluding steroid dienone is 3. The Kier molecular flexibility index (Phi) is 7.08. The molecule has 1 N–H and O–H groups in total. The standard InChI is InChI=1S/C29H45NO2/c1-6-7-8-9-14-28(2,3)22-18-25(31)27-23-17-21(20-30-15-10-11-16-30)12-13-24(23)29(4,5)32-26(27)19-22/h10-12,18-19,23-24,26-27,31H,6-9,13-17,20H2,1-5H3/t23?,24-,26?,27+/m0/s1. The first-order valence-corrected chi connectivity index (χ1v) is 13.1. The van der Waals surface area contributed by atoms with Crippen LogP contribution in [0.1, 0.15) is 79.6 Å². The summed E-state index contributed by atoms with van der Waals surface area (Å²) >= 11 is 0. The van der Waals surface area contributed by atoms with E-state index >= 15 is 0 Å². The Labute approximate surface area is 196 Å². The van der Waals surface area contributed by atoms with Crippen molar-refractivity contribution in [3.05, 3.63) is 47.3 Å². The predicted octanol–water partition coefficient (Wildman–Crippen LogP) is 6.98. The second kappa shape index (κ2) is 9.50. The lowest BCUT2D eigenvalue weighted by Gasteiger charge is -2.54. The van der Waals surface area contributed by atoms with Gasteiger partial charge in [-0.2, -0.15) is 0 Å². The highest BCUT2D eigenvalue weighted by molar-refractivity contribution is 5.36. The molecular formula is C29H45NO2. The highest BCUT2D eigenvalue weighted by Gasteiger charge is 2.52. The van der Waals surface area contributed by atoms with Crippen LogP contribution in [0, 0.1) is 23.2 Å². The molecule has 3 nitrogen and oxygen atoms in total. The van der Waals surface area contributed by atoms with Crippen LogP contribution in [0.15, 0.2) is 47.3 Å². The van der Waals surface area contributed by atoms with Gasteiger partial charge in [0, 0.05) is 25.6 Å². The Balaban J connectivity index is 1.51. The van der Waals surface area contributed by atoms with Gasteiger partial charge in [-0.15, -0.1) is 0 Å². The first kappa shape index (κ1) is 23.8. The number of nitrogens with zero attached hydrogens (tertiary/aromatic N) is 1. The van der Waals surface area contributed by atoms with Crippen molar-refractivity contribution in [2.75, 3.05) is 19.6 Å². The van der Waals surface area contributed by atoms with E-state index in [-0.39, 0.29) is 23.0 Å². The molecule has 4 aliphatic rings. The van der Waals surface area contributed by atoms with Crippen molar-refractivity contribution in [3.63, 3.8) is 0 Å². The molecule has 1 fully saturated rings. The van der Waals surface area contributed by atoms with Crippen LogP contribution in [-0.2, 0) is 4.74 Å². The minimum atomic E-state index is -0.173. The summed E-state index contributed by atoms with van der Waals surface area (Å²) < 4.78 is 6.73. The van der Waals surface area contributed by atoms with Crippen LogP contribution in [0.3, 0.4) is 0 Å².